The van der Waals surface area contributed by atoms with Gasteiger partial charge in [-0.05, 0) is 0 Å². The maximum absolute atomic E-state index is 4.95. The number of rotatable bonds is 2. The number of hydrogen-bond donors (Lipinski definition) is 1. The van der Waals surface area contributed by atoms with Crippen LogP contribution in [0.3, 0.4) is 0 Å². The number of nitrogens with one attached hydrogen (secondary N) is 1. The van der Waals surface area contributed by atoms with E-state index in [2.05, 4.69) is 5.48 Å². The molecule has 0 saturated carbocycles. The maximum atomic E-state index is 4.95. The molecule has 1 unspecified atom stereocenters. The molecule has 1 aliphatic rings. The van der Waals surface area contributed by atoms with E-state index in [4.69, 9.17) is 4.84 Å². The van der Waals surface area contributed by atoms with Crippen LogP contribution in [-0.4, -0.2) is 15.6 Å². The Labute approximate surface area is 47.5 Å². The Morgan fingerprint density at radius 3 is 2.83 bits per heavy atom. The summed E-state index contributed by atoms with van der Waals surface area (Å²) in [6.45, 7) is 0. The molecule has 0 spiro atoms. The zero-order valence-corrected chi connectivity index (χ0v) is 5.73. The summed E-state index contributed by atoms with van der Waals surface area (Å²) < 4.78 is 1.99. The van der Waals surface area contributed by atoms with Crippen LogP contribution in [0.15, 0.2) is 0 Å². The zero-order chi connectivity index (χ0) is 4.41. The SMILES string of the molecule is CNOC1C[I-]1. The second kappa shape index (κ2) is 2.09. The van der Waals surface area contributed by atoms with Crippen molar-refractivity contribution in [1.82, 2.24) is 5.48 Å². The Morgan fingerprint density at radius 1 is 2.00 bits per heavy atom. The molecule has 0 bridgehead atoms. The van der Waals surface area contributed by atoms with Crippen LogP contribution in [0, 0.1) is 0 Å². The van der Waals surface area contributed by atoms with E-state index in [-0.39, 0.29) is 0 Å². The first kappa shape index (κ1) is 4.80. The van der Waals surface area contributed by atoms with Crippen molar-refractivity contribution in [2.24, 2.45) is 0 Å². The fourth-order valence-corrected chi connectivity index (χ4v) is 1.05. The molecular formula is C3H7INO-. The zero-order valence-electron chi connectivity index (χ0n) is 3.57. The van der Waals surface area contributed by atoms with Gasteiger partial charge in [-0.15, -0.1) is 0 Å². The van der Waals surface area contributed by atoms with E-state index in [9.17, 15) is 0 Å². The standard InChI is InChI=1S/C3H7INO/c1-5-6-3-2-4-3/h3,5H,2H2,1H3/q-1. The fraction of sp³-hybridized carbons (Fsp3) is 1.00. The second-order valence-corrected chi connectivity index (χ2v) is 4.19. The summed E-state index contributed by atoms with van der Waals surface area (Å²) in [5, 5.41) is 0. The molecule has 38 valence electrons. The monoisotopic (exact) mass is 200 g/mol. The van der Waals surface area contributed by atoms with Crippen LogP contribution in [0.5, 0.6) is 0 Å². The summed E-state index contributed by atoms with van der Waals surface area (Å²) in [4.78, 5) is 4.95. The van der Waals surface area contributed by atoms with Gasteiger partial charge in [0, 0.05) is 0 Å². The van der Waals surface area contributed by atoms with E-state index < -0.39 is 0 Å². The van der Waals surface area contributed by atoms with Gasteiger partial charge < -0.3 is 0 Å². The third kappa shape index (κ3) is 1.40. The summed E-state index contributed by atoms with van der Waals surface area (Å²) in [7, 11) is 1.81. The fourth-order valence-electron chi connectivity index (χ4n) is 0.227. The molecule has 1 atom stereocenters. The van der Waals surface area contributed by atoms with Gasteiger partial charge in [0.1, 0.15) is 0 Å². The predicted molar refractivity (Wildman–Crippen MR) is 18.8 cm³/mol. The Hall–Kier alpha value is 0.650. The van der Waals surface area contributed by atoms with Gasteiger partial charge in [0.2, 0.25) is 0 Å². The summed E-state index contributed by atoms with van der Waals surface area (Å²) in [5.74, 6) is 0. The molecule has 1 rings (SSSR count). The number of alkyl halides is 2. The summed E-state index contributed by atoms with van der Waals surface area (Å²) in [6.07, 6.45) is 0. The van der Waals surface area contributed by atoms with E-state index in [1.54, 1.807) is 0 Å². The van der Waals surface area contributed by atoms with Crippen LogP contribution in [-0.2, 0) is 4.84 Å². The number of halogens is 1. The van der Waals surface area contributed by atoms with E-state index in [1.807, 2.05) is 7.05 Å². The van der Waals surface area contributed by atoms with Gasteiger partial charge in [0.15, 0.2) is 0 Å². The van der Waals surface area contributed by atoms with E-state index in [1.165, 1.54) is 4.43 Å². The van der Waals surface area contributed by atoms with Gasteiger partial charge in [-0.3, -0.25) is 0 Å². The predicted octanol–water partition coefficient (Wildman–Crippen LogP) is -3.43. The van der Waals surface area contributed by atoms with E-state index in [0.717, 1.165) is 0 Å². The summed E-state index contributed by atoms with van der Waals surface area (Å²) in [5.41, 5.74) is 2.66. The van der Waals surface area contributed by atoms with Crippen molar-refractivity contribution in [3.05, 3.63) is 0 Å². The van der Waals surface area contributed by atoms with Crippen LogP contribution < -0.4 is 26.7 Å². The molecule has 6 heavy (non-hydrogen) atoms. The minimum atomic E-state index is 0.483. The molecule has 3 heteroatoms. The second-order valence-electron chi connectivity index (χ2n) is 1.04. The molecule has 1 saturated heterocycles. The molecule has 1 fully saturated rings. The number of hydroxylamine groups is 1. The quantitative estimate of drug-likeness (QED) is 0.284. The van der Waals surface area contributed by atoms with Gasteiger partial charge in [0.25, 0.3) is 0 Å². The molecule has 0 amide bonds. The third-order valence-electron chi connectivity index (χ3n) is 0.526. The summed E-state index contributed by atoms with van der Waals surface area (Å²) in [6, 6.07) is 0. The van der Waals surface area contributed by atoms with Gasteiger partial charge >= 0.3 is 47.1 Å². The average Bonchev–Trinajstić information content (AvgIpc) is 2.21. The van der Waals surface area contributed by atoms with Crippen LogP contribution in [0.4, 0.5) is 0 Å². The third-order valence-corrected chi connectivity index (χ3v) is 2.38. The van der Waals surface area contributed by atoms with Crippen molar-refractivity contribution in [3.63, 3.8) is 0 Å². The Morgan fingerprint density at radius 2 is 2.67 bits per heavy atom. The Bertz CT molecular complexity index is 46.1. The molecule has 0 aliphatic carbocycles. The molecule has 1 heterocycles. The molecule has 1 N–H and O–H groups in total. The molecular weight excluding hydrogens is 193 g/mol. The van der Waals surface area contributed by atoms with Crippen molar-refractivity contribution in [3.8, 4) is 0 Å². The Balaban J connectivity index is 1.88. The first-order chi connectivity index (χ1) is 2.93. The van der Waals surface area contributed by atoms with Crippen molar-refractivity contribution in [2.45, 2.75) is 4.11 Å². The molecule has 0 aromatic heterocycles. The van der Waals surface area contributed by atoms with Crippen molar-refractivity contribution >= 4 is 0 Å². The molecule has 0 aromatic carbocycles. The van der Waals surface area contributed by atoms with Gasteiger partial charge in [-0.1, -0.05) is 0 Å². The minimum absolute atomic E-state index is 0.483. The molecule has 2 nitrogen and oxygen atoms in total. The van der Waals surface area contributed by atoms with E-state index >= 15 is 0 Å². The van der Waals surface area contributed by atoms with Gasteiger partial charge in [0.05, 0.1) is 0 Å². The molecule has 0 radical (unpaired) electrons. The van der Waals surface area contributed by atoms with Crippen molar-refractivity contribution in [1.29, 1.82) is 0 Å². The van der Waals surface area contributed by atoms with Crippen molar-refractivity contribution in [2.75, 3.05) is 11.5 Å². The van der Waals surface area contributed by atoms with Crippen molar-refractivity contribution < 1.29 is 26.0 Å². The van der Waals surface area contributed by atoms with E-state index in [0.29, 0.717) is 25.3 Å². The number of hydrogen-bond acceptors (Lipinski definition) is 2. The van der Waals surface area contributed by atoms with Crippen LogP contribution in [0.2, 0.25) is 0 Å². The van der Waals surface area contributed by atoms with Gasteiger partial charge in [-0.2, -0.15) is 0 Å². The topological polar surface area (TPSA) is 21.3 Å². The summed E-state index contributed by atoms with van der Waals surface area (Å²) >= 11 is 0.483. The molecule has 0 aromatic rings. The average molecular weight is 200 g/mol. The van der Waals surface area contributed by atoms with Gasteiger partial charge in [-0.25, -0.2) is 0 Å². The normalized spacial score (nSPS) is 31.8. The first-order valence-corrected chi connectivity index (χ1v) is 4.60. The molecule has 1 aliphatic heterocycles. The van der Waals surface area contributed by atoms with Crippen LogP contribution in [0.25, 0.3) is 0 Å². The van der Waals surface area contributed by atoms with Crippen LogP contribution in [0.1, 0.15) is 0 Å². The Kier molecular flexibility index (Phi) is 1.67. The van der Waals surface area contributed by atoms with Crippen LogP contribution >= 0.6 is 0 Å². The first-order valence-electron chi connectivity index (χ1n) is 1.83.